The third kappa shape index (κ3) is 8.15. The molecule has 0 spiro atoms. The molecule has 0 unspecified atom stereocenters. The average Bonchev–Trinajstić information content (AvgIpc) is 3.29. The molecule has 0 bridgehead atoms. The summed E-state index contributed by atoms with van der Waals surface area (Å²) >= 11 is 0. The second kappa shape index (κ2) is 10.4. The van der Waals surface area contributed by atoms with Gasteiger partial charge in [0.15, 0.2) is 5.96 Å². The number of anilines is 1. The lowest BCUT2D eigenvalue weighted by molar-refractivity contribution is -0.116. The van der Waals surface area contributed by atoms with Gasteiger partial charge in [0.25, 0.3) is 0 Å². The highest BCUT2D eigenvalue weighted by Crippen LogP contribution is 2.28. The zero-order valence-corrected chi connectivity index (χ0v) is 16.1. The van der Waals surface area contributed by atoms with E-state index >= 15 is 0 Å². The van der Waals surface area contributed by atoms with Crippen LogP contribution in [0.25, 0.3) is 0 Å². The number of amides is 1. The Labute approximate surface area is 155 Å². The maximum absolute atomic E-state index is 11.9. The van der Waals surface area contributed by atoms with Gasteiger partial charge in [0.2, 0.25) is 5.91 Å². The second-order valence-electron chi connectivity index (χ2n) is 5.55. The van der Waals surface area contributed by atoms with Gasteiger partial charge >= 0.3 is 0 Å². The smallest absolute Gasteiger partial charge is 0.227 e. The number of guanidine groups is 1. The summed E-state index contributed by atoms with van der Waals surface area (Å²) in [6.07, 6.45) is 2.95. The lowest BCUT2D eigenvalue weighted by Crippen LogP contribution is -2.38. The van der Waals surface area contributed by atoms with Crippen molar-refractivity contribution in [1.29, 1.82) is 0 Å². The summed E-state index contributed by atoms with van der Waals surface area (Å²) in [7, 11) is 0. The van der Waals surface area contributed by atoms with Crippen molar-refractivity contribution in [3.63, 3.8) is 0 Å². The molecule has 6 nitrogen and oxygen atoms in total. The Morgan fingerprint density at radius 2 is 2.13 bits per heavy atom. The number of nitrogens with one attached hydrogen (secondary N) is 3. The molecule has 0 aliphatic heterocycles. The topological polar surface area (TPSA) is 78.4 Å². The minimum Gasteiger partial charge on any atom is -0.357 e. The number of hydrogen-bond donors (Lipinski definition) is 3. The van der Waals surface area contributed by atoms with Crippen molar-refractivity contribution in [1.82, 2.24) is 15.6 Å². The van der Waals surface area contributed by atoms with Gasteiger partial charge in [-0.3, -0.25) is 9.79 Å². The van der Waals surface area contributed by atoms with Crippen molar-refractivity contribution in [3.8, 4) is 0 Å². The predicted octanol–water partition coefficient (Wildman–Crippen LogP) is 2.30. The van der Waals surface area contributed by atoms with E-state index in [1.807, 2.05) is 26.0 Å². The maximum atomic E-state index is 11.9. The fourth-order valence-electron chi connectivity index (χ4n) is 1.98. The van der Waals surface area contributed by atoms with Crippen LogP contribution in [0.15, 0.2) is 23.2 Å². The van der Waals surface area contributed by atoms with E-state index in [-0.39, 0.29) is 29.9 Å². The minimum atomic E-state index is -0.0522. The van der Waals surface area contributed by atoms with Gasteiger partial charge in [-0.1, -0.05) is 6.07 Å². The van der Waals surface area contributed by atoms with Gasteiger partial charge in [0, 0.05) is 31.7 Å². The first-order valence-electron chi connectivity index (χ1n) is 7.93. The van der Waals surface area contributed by atoms with Crippen LogP contribution in [0.5, 0.6) is 0 Å². The SMILES string of the molecule is CCNC(=NCC1CC1)NCCC(=O)Nc1cccc(C)n1.I. The van der Waals surface area contributed by atoms with Crippen molar-refractivity contribution in [2.45, 2.75) is 33.1 Å². The van der Waals surface area contributed by atoms with Gasteiger partial charge in [-0.15, -0.1) is 24.0 Å². The fraction of sp³-hybridized carbons (Fsp3) is 0.562. The molecule has 0 atom stereocenters. The van der Waals surface area contributed by atoms with E-state index in [0.29, 0.717) is 18.8 Å². The van der Waals surface area contributed by atoms with Crippen molar-refractivity contribution in [2.75, 3.05) is 25.0 Å². The number of pyridine rings is 1. The molecule has 0 aromatic carbocycles. The Kier molecular flexibility index (Phi) is 8.90. The molecule has 23 heavy (non-hydrogen) atoms. The Bertz CT molecular complexity index is 531. The van der Waals surface area contributed by atoms with Gasteiger partial charge < -0.3 is 16.0 Å². The number of hydrogen-bond acceptors (Lipinski definition) is 3. The maximum Gasteiger partial charge on any atom is 0.227 e. The Balaban J connectivity index is 0.00000264. The average molecular weight is 431 g/mol. The minimum absolute atomic E-state index is 0. The van der Waals surface area contributed by atoms with Crippen LogP contribution < -0.4 is 16.0 Å². The summed E-state index contributed by atoms with van der Waals surface area (Å²) in [5, 5.41) is 9.18. The summed E-state index contributed by atoms with van der Waals surface area (Å²) in [6, 6.07) is 5.57. The number of halogens is 1. The largest absolute Gasteiger partial charge is 0.357 e. The third-order valence-electron chi connectivity index (χ3n) is 3.35. The van der Waals surface area contributed by atoms with Crippen molar-refractivity contribution >= 4 is 41.7 Å². The number of rotatable bonds is 7. The van der Waals surface area contributed by atoms with Crippen LogP contribution >= 0.6 is 24.0 Å². The number of carbonyl (C=O) groups excluding carboxylic acids is 1. The van der Waals surface area contributed by atoms with E-state index in [1.54, 1.807) is 6.07 Å². The van der Waals surface area contributed by atoms with Crippen LogP contribution in [-0.2, 0) is 4.79 Å². The lowest BCUT2D eigenvalue weighted by Gasteiger charge is -2.11. The third-order valence-corrected chi connectivity index (χ3v) is 3.35. The van der Waals surface area contributed by atoms with Crippen molar-refractivity contribution in [2.24, 2.45) is 10.9 Å². The standard InChI is InChI=1S/C16H25N5O.HI/c1-3-17-16(19-11-13-7-8-13)18-10-9-15(22)21-14-6-4-5-12(2)20-14;/h4-6,13H,3,7-11H2,1-2H3,(H2,17,18,19)(H,20,21,22);1H. The number of nitrogens with zero attached hydrogens (tertiary/aromatic N) is 2. The summed E-state index contributed by atoms with van der Waals surface area (Å²) in [6.45, 7) is 6.17. The van der Waals surface area contributed by atoms with Gasteiger partial charge in [-0.2, -0.15) is 0 Å². The molecule has 1 aliphatic rings. The molecule has 0 radical (unpaired) electrons. The Hall–Kier alpha value is -1.38. The van der Waals surface area contributed by atoms with Gasteiger partial charge in [-0.05, 0) is 44.7 Å². The van der Waals surface area contributed by atoms with Gasteiger partial charge in [-0.25, -0.2) is 4.98 Å². The molecule has 1 saturated carbocycles. The molecule has 2 rings (SSSR count). The Morgan fingerprint density at radius 3 is 2.78 bits per heavy atom. The van der Waals surface area contributed by atoms with Crippen molar-refractivity contribution in [3.05, 3.63) is 23.9 Å². The highest BCUT2D eigenvalue weighted by Gasteiger charge is 2.20. The predicted molar refractivity (Wildman–Crippen MR) is 104 cm³/mol. The van der Waals surface area contributed by atoms with Crippen LogP contribution in [0.3, 0.4) is 0 Å². The molecule has 1 amide bonds. The highest BCUT2D eigenvalue weighted by atomic mass is 127. The number of carbonyl (C=O) groups is 1. The molecule has 0 saturated heterocycles. The van der Waals surface area contributed by atoms with Crippen LogP contribution in [0.2, 0.25) is 0 Å². The first-order chi connectivity index (χ1) is 10.7. The molecule has 1 aromatic rings. The zero-order valence-electron chi connectivity index (χ0n) is 13.8. The van der Waals surface area contributed by atoms with E-state index < -0.39 is 0 Å². The van der Waals surface area contributed by atoms with Gasteiger partial charge in [0.1, 0.15) is 5.82 Å². The van der Waals surface area contributed by atoms with Crippen LogP contribution in [-0.4, -0.2) is 36.5 Å². The fourth-order valence-corrected chi connectivity index (χ4v) is 1.98. The first kappa shape index (κ1) is 19.7. The monoisotopic (exact) mass is 431 g/mol. The molecule has 128 valence electrons. The molecule has 1 aromatic heterocycles. The van der Waals surface area contributed by atoms with E-state index in [1.165, 1.54) is 12.8 Å². The normalized spacial score (nSPS) is 13.9. The molecule has 1 heterocycles. The zero-order chi connectivity index (χ0) is 15.8. The molecular weight excluding hydrogens is 405 g/mol. The lowest BCUT2D eigenvalue weighted by atomic mass is 10.3. The number of aliphatic imine (C=N–C) groups is 1. The van der Waals surface area contributed by atoms with E-state index in [2.05, 4.69) is 25.9 Å². The number of aromatic nitrogens is 1. The quantitative estimate of drug-likeness (QED) is 0.352. The summed E-state index contributed by atoms with van der Waals surface area (Å²) < 4.78 is 0. The Morgan fingerprint density at radius 1 is 1.35 bits per heavy atom. The first-order valence-corrected chi connectivity index (χ1v) is 7.93. The van der Waals surface area contributed by atoms with Crippen LogP contribution in [0.1, 0.15) is 31.9 Å². The molecule has 3 N–H and O–H groups in total. The molecular formula is C16H26IN5O. The summed E-state index contributed by atoms with van der Waals surface area (Å²) in [5.74, 6) is 2.09. The van der Waals surface area contributed by atoms with Gasteiger partial charge in [0.05, 0.1) is 0 Å². The van der Waals surface area contributed by atoms with Crippen LogP contribution in [0, 0.1) is 12.8 Å². The highest BCUT2D eigenvalue weighted by molar-refractivity contribution is 14.0. The summed E-state index contributed by atoms with van der Waals surface area (Å²) in [4.78, 5) is 20.7. The number of aryl methyl sites for hydroxylation is 1. The summed E-state index contributed by atoms with van der Waals surface area (Å²) in [5.41, 5.74) is 0.887. The van der Waals surface area contributed by atoms with E-state index in [4.69, 9.17) is 0 Å². The van der Waals surface area contributed by atoms with Crippen LogP contribution in [0.4, 0.5) is 5.82 Å². The molecule has 1 fully saturated rings. The van der Waals surface area contributed by atoms with Crippen molar-refractivity contribution < 1.29 is 4.79 Å². The molecule has 1 aliphatic carbocycles. The van der Waals surface area contributed by atoms with E-state index in [9.17, 15) is 4.79 Å². The van der Waals surface area contributed by atoms with E-state index in [0.717, 1.165) is 30.7 Å². The molecule has 7 heteroatoms. The second-order valence-corrected chi connectivity index (χ2v) is 5.55.